The summed E-state index contributed by atoms with van der Waals surface area (Å²) in [4.78, 5) is 0. The molecule has 3 aromatic rings. The molecule has 2 aliphatic rings. The van der Waals surface area contributed by atoms with E-state index in [4.69, 9.17) is 0 Å². The normalized spacial score (nSPS) is 14.1. The van der Waals surface area contributed by atoms with E-state index in [1.165, 1.54) is 54.3 Å². The molecule has 0 radical (unpaired) electrons. The van der Waals surface area contributed by atoms with Crippen LogP contribution in [0.25, 0.3) is 22.8 Å². The van der Waals surface area contributed by atoms with Gasteiger partial charge in [-0.2, -0.15) is 0 Å². The van der Waals surface area contributed by atoms with Gasteiger partial charge in [-0.1, -0.05) is 84.5 Å². The summed E-state index contributed by atoms with van der Waals surface area (Å²) >= 11 is 0. The lowest BCUT2D eigenvalue weighted by Crippen LogP contribution is -2.12. The number of allylic oxidation sites excluding steroid dienone is 4. The third-order valence-corrected chi connectivity index (χ3v) is 5.63. The molecule has 0 aromatic heterocycles. The maximum absolute atomic E-state index is 2.38. The number of fused-ring (bicyclic) bond motifs is 2. The summed E-state index contributed by atoms with van der Waals surface area (Å²) in [5, 5.41) is 5.41. The zero-order valence-electron chi connectivity index (χ0n) is 15.8. The molecule has 27 heavy (non-hydrogen) atoms. The molecule has 0 aliphatic heterocycles. The molecule has 0 heteroatoms. The Morgan fingerprint density at radius 2 is 1.52 bits per heavy atom. The molecule has 3 aromatic carbocycles. The number of hydrogen-bond donors (Lipinski definition) is 0. The van der Waals surface area contributed by atoms with Gasteiger partial charge in [0.15, 0.2) is 0 Å². The molecule has 0 unspecified atom stereocenters. The van der Waals surface area contributed by atoms with Crippen molar-refractivity contribution in [2.75, 3.05) is 0 Å². The SMILES string of the molecule is CC(C)=c1ccc2c(c1C1=CC(c3ccccc3)=CC1)C=c1ccccc1=2. The van der Waals surface area contributed by atoms with Gasteiger partial charge in [0, 0.05) is 0 Å². The van der Waals surface area contributed by atoms with Crippen LogP contribution in [0.15, 0.2) is 78.9 Å². The minimum atomic E-state index is 0.991. The minimum absolute atomic E-state index is 0.991. The zero-order valence-corrected chi connectivity index (χ0v) is 15.8. The molecule has 0 heterocycles. The van der Waals surface area contributed by atoms with Crippen LogP contribution in [0.5, 0.6) is 0 Å². The second kappa shape index (κ2) is 6.25. The average Bonchev–Trinajstić information content (AvgIpc) is 3.32. The third-order valence-electron chi connectivity index (χ3n) is 5.63. The van der Waals surface area contributed by atoms with Crippen molar-refractivity contribution < 1.29 is 0 Å². The van der Waals surface area contributed by atoms with Gasteiger partial charge in [-0.05, 0) is 75.1 Å². The van der Waals surface area contributed by atoms with Crippen molar-refractivity contribution in [1.82, 2.24) is 0 Å². The van der Waals surface area contributed by atoms with E-state index in [2.05, 4.69) is 98.8 Å². The second-order valence-electron chi connectivity index (χ2n) is 7.58. The van der Waals surface area contributed by atoms with Gasteiger partial charge in [-0.3, -0.25) is 0 Å². The predicted molar refractivity (Wildman–Crippen MR) is 115 cm³/mol. The maximum atomic E-state index is 2.38. The fourth-order valence-electron chi connectivity index (χ4n) is 4.32. The van der Waals surface area contributed by atoms with E-state index >= 15 is 0 Å². The van der Waals surface area contributed by atoms with Crippen molar-refractivity contribution in [3.63, 3.8) is 0 Å². The van der Waals surface area contributed by atoms with Gasteiger partial charge in [-0.15, -0.1) is 0 Å². The molecule has 5 rings (SSSR count). The first-order valence-electron chi connectivity index (χ1n) is 9.60. The third kappa shape index (κ3) is 2.61. The van der Waals surface area contributed by atoms with Crippen LogP contribution in [0.4, 0.5) is 0 Å². The molecule has 0 nitrogen and oxygen atoms in total. The van der Waals surface area contributed by atoms with E-state index in [0.29, 0.717) is 0 Å². The van der Waals surface area contributed by atoms with Crippen LogP contribution < -0.4 is 10.4 Å². The summed E-state index contributed by atoms with van der Waals surface area (Å²) in [7, 11) is 0. The van der Waals surface area contributed by atoms with Crippen LogP contribution in [0.2, 0.25) is 0 Å². The van der Waals surface area contributed by atoms with Crippen molar-refractivity contribution in [2.24, 2.45) is 0 Å². The highest BCUT2D eigenvalue weighted by Gasteiger charge is 2.17. The summed E-state index contributed by atoms with van der Waals surface area (Å²) in [5.74, 6) is 0. The molecule has 0 amide bonds. The first kappa shape index (κ1) is 16.1. The number of rotatable bonds is 2. The highest BCUT2D eigenvalue weighted by molar-refractivity contribution is 5.92. The fraction of sp³-hybridized carbons (Fsp3) is 0.111. The lowest BCUT2D eigenvalue weighted by Gasteiger charge is -2.10. The number of benzene rings is 3. The Morgan fingerprint density at radius 1 is 0.741 bits per heavy atom. The number of hydrogen-bond acceptors (Lipinski definition) is 0. The highest BCUT2D eigenvalue weighted by Crippen LogP contribution is 2.33. The van der Waals surface area contributed by atoms with Gasteiger partial charge >= 0.3 is 0 Å². The lowest BCUT2D eigenvalue weighted by atomic mass is 9.93. The Bertz CT molecular complexity index is 1330. The standard InChI is InChI=1S/C27H22/c1-18(2)23-14-15-25-24-11-7-6-10-21(24)17-26(25)27(23)22-13-12-20(16-22)19-8-4-3-5-9-19/h3-12,14-17H,13H2,1-2H3. The van der Waals surface area contributed by atoms with Gasteiger partial charge in [0.25, 0.3) is 0 Å². The molecule has 130 valence electrons. The summed E-state index contributed by atoms with van der Waals surface area (Å²) in [6.45, 7) is 4.43. The van der Waals surface area contributed by atoms with Gasteiger partial charge in [0.1, 0.15) is 0 Å². The van der Waals surface area contributed by atoms with Gasteiger partial charge < -0.3 is 0 Å². The first-order valence-corrected chi connectivity index (χ1v) is 9.60. The largest absolute Gasteiger partial charge is 0.0722 e. The summed E-state index contributed by atoms with van der Waals surface area (Å²) in [5.41, 5.74) is 8.21. The quantitative estimate of drug-likeness (QED) is 0.469. The Morgan fingerprint density at radius 3 is 2.33 bits per heavy atom. The molecule has 2 aliphatic carbocycles. The Kier molecular flexibility index (Phi) is 3.72. The summed E-state index contributed by atoms with van der Waals surface area (Å²) < 4.78 is 0. The van der Waals surface area contributed by atoms with Crippen LogP contribution in [-0.2, 0) is 0 Å². The second-order valence-corrected chi connectivity index (χ2v) is 7.58. The van der Waals surface area contributed by atoms with E-state index in [1.807, 2.05) is 0 Å². The summed E-state index contributed by atoms with van der Waals surface area (Å²) in [6, 6.07) is 24.0. The maximum Gasteiger partial charge on any atom is -0.00702 e. The van der Waals surface area contributed by atoms with Crippen molar-refractivity contribution in [3.05, 3.63) is 116 Å². The van der Waals surface area contributed by atoms with Crippen molar-refractivity contribution in [2.45, 2.75) is 20.3 Å². The minimum Gasteiger partial charge on any atom is -0.0722 e. The van der Waals surface area contributed by atoms with Gasteiger partial charge in [-0.25, -0.2) is 0 Å². The summed E-state index contributed by atoms with van der Waals surface area (Å²) in [6.07, 6.45) is 8.11. The Balaban J connectivity index is 1.77. The van der Waals surface area contributed by atoms with Crippen LogP contribution in [-0.4, -0.2) is 0 Å². The molecule has 0 bridgehead atoms. The van der Waals surface area contributed by atoms with Gasteiger partial charge in [0.2, 0.25) is 0 Å². The molecular weight excluding hydrogens is 324 g/mol. The lowest BCUT2D eigenvalue weighted by molar-refractivity contribution is 1.35. The van der Waals surface area contributed by atoms with Crippen molar-refractivity contribution in [1.29, 1.82) is 0 Å². The van der Waals surface area contributed by atoms with Crippen LogP contribution in [0, 0.1) is 10.4 Å². The molecule has 0 atom stereocenters. The van der Waals surface area contributed by atoms with Crippen molar-refractivity contribution in [3.8, 4) is 0 Å². The molecule has 0 saturated carbocycles. The monoisotopic (exact) mass is 346 g/mol. The molecule has 0 saturated heterocycles. The molecule has 0 fully saturated rings. The van der Waals surface area contributed by atoms with Crippen LogP contribution in [0.1, 0.15) is 37.0 Å². The van der Waals surface area contributed by atoms with Crippen molar-refractivity contribution >= 4 is 22.8 Å². The average molecular weight is 346 g/mol. The Hall–Kier alpha value is -3.12. The molecule has 0 spiro atoms. The molecule has 0 N–H and O–H groups in total. The van der Waals surface area contributed by atoms with E-state index in [1.54, 1.807) is 0 Å². The van der Waals surface area contributed by atoms with E-state index in [0.717, 1.165) is 6.42 Å². The van der Waals surface area contributed by atoms with Crippen LogP contribution in [0.3, 0.4) is 0 Å². The van der Waals surface area contributed by atoms with E-state index in [-0.39, 0.29) is 0 Å². The Labute approximate surface area is 159 Å². The highest BCUT2D eigenvalue weighted by atomic mass is 14.2. The predicted octanol–water partition coefficient (Wildman–Crippen LogP) is 5.18. The van der Waals surface area contributed by atoms with Gasteiger partial charge in [0.05, 0.1) is 0 Å². The van der Waals surface area contributed by atoms with E-state index in [9.17, 15) is 0 Å². The zero-order chi connectivity index (χ0) is 18.4. The topological polar surface area (TPSA) is 0 Å². The molecular formula is C27H22. The van der Waals surface area contributed by atoms with E-state index < -0.39 is 0 Å². The van der Waals surface area contributed by atoms with Crippen LogP contribution >= 0.6 is 0 Å². The smallest absolute Gasteiger partial charge is 0.00702 e. The fourth-order valence-corrected chi connectivity index (χ4v) is 4.32. The first-order chi connectivity index (χ1) is 13.2.